The maximum atomic E-state index is 12.7. The van der Waals surface area contributed by atoms with Crippen molar-refractivity contribution in [2.45, 2.75) is 39.2 Å². The minimum atomic E-state index is -0.989. The van der Waals surface area contributed by atoms with Gasteiger partial charge in [0.2, 0.25) is 0 Å². The minimum Gasteiger partial charge on any atom is -0.492 e. The third-order valence-electron chi connectivity index (χ3n) is 5.04. The standard InChI is InChI=1S/C26H34ClNO7/c1-3-5-16-32-17-14-28(26(31)35-23-12-8-21(27)9-13-23)15-18-34-22-10-6-20(7-11-22)19-24(25(29)30)33-4-2/h6-13,24H,3-5,14-19H2,1-2H3,(H,29,30). The number of carboxylic acid groups (broad SMARTS) is 1. The van der Waals surface area contributed by atoms with Crippen LogP contribution in [-0.2, 0) is 20.7 Å². The van der Waals surface area contributed by atoms with Gasteiger partial charge >= 0.3 is 12.1 Å². The topological polar surface area (TPSA) is 94.5 Å². The number of benzene rings is 2. The fraction of sp³-hybridized carbons (Fsp3) is 0.462. The van der Waals surface area contributed by atoms with E-state index in [4.69, 9.17) is 30.5 Å². The summed E-state index contributed by atoms with van der Waals surface area (Å²) in [5.41, 5.74) is 0.829. The average molecular weight is 508 g/mol. The van der Waals surface area contributed by atoms with Crippen molar-refractivity contribution in [3.05, 3.63) is 59.1 Å². The van der Waals surface area contributed by atoms with Crippen molar-refractivity contribution in [2.24, 2.45) is 0 Å². The molecular formula is C26H34ClNO7. The van der Waals surface area contributed by atoms with Crippen LogP contribution < -0.4 is 9.47 Å². The zero-order valence-corrected chi connectivity index (χ0v) is 21.0. The summed E-state index contributed by atoms with van der Waals surface area (Å²) < 4.78 is 22.1. The van der Waals surface area contributed by atoms with E-state index in [1.165, 1.54) is 4.90 Å². The van der Waals surface area contributed by atoms with Crippen LogP contribution in [0.1, 0.15) is 32.3 Å². The highest BCUT2D eigenvalue weighted by molar-refractivity contribution is 6.30. The highest BCUT2D eigenvalue weighted by Gasteiger charge is 2.18. The average Bonchev–Trinajstić information content (AvgIpc) is 2.84. The highest BCUT2D eigenvalue weighted by atomic mass is 35.5. The van der Waals surface area contributed by atoms with Crippen LogP contribution in [0.25, 0.3) is 0 Å². The number of unbranched alkanes of at least 4 members (excludes halogenated alkanes) is 1. The van der Waals surface area contributed by atoms with Gasteiger partial charge in [-0.25, -0.2) is 9.59 Å². The Morgan fingerprint density at radius 3 is 2.23 bits per heavy atom. The van der Waals surface area contributed by atoms with Crippen LogP contribution in [-0.4, -0.2) is 67.7 Å². The van der Waals surface area contributed by atoms with Gasteiger partial charge in [0.05, 0.1) is 13.2 Å². The van der Waals surface area contributed by atoms with Crippen LogP contribution in [0.3, 0.4) is 0 Å². The number of carboxylic acids is 1. The number of carbonyl (C=O) groups excluding carboxylic acids is 1. The maximum absolute atomic E-state index is 12.7. The molecule has 0 aromatic heterocycles. The Morgan fingerprint density at radius 2 is 1.60 bits per heavy atom. The first-order valence-corrected chi connectivity index (χ1v) is 12.2. The van der Waals surface area contributed by atoms with Gasteiger partial charge in [-0.3, -0.25) is 0 Å². The fourth-order valence-corrected chi connectivity index (χ4v) is 3.24. The lowest BCUT2D eigenvalue weighted by Crippen LogP contribution is -2.39. The van der Waals surface area contributed by atoms with Gasteiger partial charge in [0.1, 0.15) is 18.1 Å². The van der Waals surface area contributed by atoms with Crippen molar-refractivity contribution < 1.29 is 33.6 Å². The fourth-order valence-electron chi connectivity index (χ4n) is 3.11. The quantitative estimate of drug-likeness (QED) is 0.317. The second-order valence-electron chi connectivity index (χ2n) is 7.75. The zero-order valence-electron chi connectivity index (χ0n) is 20.3. The maximum Gasteiger partial charge on any atom is 0.415 e. The smallest absolute Gasteiger partial charge is 0.415 e. The molecule has 35 heavy (non-hydrogen) atoms. The molecule has 0 fully saturated rings. The van der Waals surface area contributed by atoms with Gasteiger partial charge in [0, 0.05) is 31.2 Å². The summed E-state index contributed by atoms with van der Waals surface area (Å²) in [5.74, 6) is 0.0261. The molecule has 0 aliphatic heterocycles. The number of rotatable bonds is 16. The molecule has 0 aliphatic rings. The molecule has 1 amide bonds. The lowest BCUT2D eigenvalue weighted by atomic mass is 10.1. The van der Waals surface area contributed by atoms with Crippen LogP contribution in [0.15, 0.2) is 48.5 Å². The summed E-state index contributed by atoms with van der Waals surface area (Å²) in [7, 11) is 0. The molecule has 1 atom stereocenters. The Balaban J connectivity index is 1.89. The lowest BCUT2D eigenvalue weighted by molar-refractivity contribution is -0.149. The third-order valence-corrected chi connectivity index (χ3v) is 5.29. The molecule has 0 radical (unpaired) electrons. The number of carbonyl (C=O) groups is 2. The number of nitrogens with zero attached hydrogens (tertiary/aromatic N) is 1. The van der Waals surface area contributed by atoms with E-state index in [9.17, 15) is 14.7 Å². The van der Waals surface area contributed by atoms with Gasteiger partial charge in [-0.15, -0.1) is 0 Å². The first kappa shape index (κ1) is 28.4. The van der Waals surface area contributed by atoms with Crippen LogP contribution in [0.2, 0.25) is 5.02 Å². The first-order chi connectivity index (χ1) is 16.9. The molecule has 2 aromatic rings. The molecule has 1 N–H and O–H groups in total. The van der Waals surface area contributed by atoms with Gasteiger partial charge in [0.25, 0.3) is 0 Å². The molecule has 8 nitrogen and oxygen atoms in total. The molecule has 2 aromatic carbocycles. The van der Waals surface area contributed by atoms with E-state index in [1.54, 1.807) is 55.5 Å². The van der Waals surface area contributed by atoms with Gasteiger partial charge in [-0.1, -0.05) is 37.1 Å². The molecule has 2 rings (SSSR count). The first-order valence-electron chi connectivity index (χ1n) is 11.8. The lowest BCUT2D eigenvalue weighted by Gasteiger charge is -2.22. The van der Waals surface area contributed by atoms with Gasteiger partial charge in [-0.2, -0.15) is 0 Å². The Labute approximate surface area is 211 Å². The van der Waals surface area contributed by atoms with Crippen molar-refractivity contribution in [1.29, 1.82) is 0 Å². The number of aliphatic carboxylic acids is 1. The van der Waals surface area contributed by atoms with Crippen LogP contribution >= 0.6 is 11.6 Å². The second-order valence-corrected chi connectivity index (χ2v) is 8.19. The normalized spacial score (nSPS) is 11.6. The summed E-state index contributed by atoms with van der Waals surface area (Å²) in [6.07, 6.45) is 0.891. The van der Waals surface area contributed by atoms with E-state index in [0.717, 1.165) is 18.4 Å². The highest BCUT2D eigenvalue weighted by Crippen LogP contribution is 2.17. The van der Waals surface area contributed by atoms with Gasteiger partial charge < -0.3 is 29.0 Å². The summed E-state index contributed by atoms with van der Waals surface area (Å²) in [5, 5.41) is 9.79. The summed E-state index contributed by atoms with van der Waals surface area (Å²) in [4.78, 5) is 25.5. The van der Waals surface area contributed by atoms with Gasteiger partial charge in [-0.05, 0) is 55.3 Å². The third kappa shape index (κ3) is 11.0. The Bertz CT molecular complexity index is 890. The SMILES string of the molecule is CCCCOCCN(CCOc1ccc(CC(OCC)C(=O)O)cc1)C(=O)Oc1ccc(Cl)cc1. The molecule has 0 bridgehead atoms. The monoisotopic (exact) mass is 507 g/mol. The van der Waals surface area contributed by atoms with E-state index >= 15 is 0 Å². The predicted octanol–water partition coefficient (Wildman–Crippen LogP) is 5.07. The van der Waals surface area contributed by atoms with E-state index < -0.39 is 18.2 Å². The van der Waals surface area contributed by atoms with E-state index in [-0.39, 0.29) is 13.0 Å². The molecule has 1 unspecified atom stereocenters. The van der Waals surface area contributed by atoms with E-state index in [2.05, 4.69) is 6.92 Å². The molecular weight excluding hydrogens is 474 g/mol. The molecule has 9 heteroatoms. The summed E-state index contributed by atoms with van der Waals surface area (Å²) in [6.45, 7) is 6.15. The minimum absolute atomic E-state index is 0.251. The van der Waals surface area contributed by atoms with Crippen LogP contribution in [0.4, 0.5) is 4.79 Å². The predicted molar refractivity (Wildman–Crippen MR) is 133 cm³/mol. The molecule has 0 saturated carbocycles. The largest absolute Gasteiger partial charge is 0.492 e. The number of amides is 1. The van der Waals surface area contributed by atoms with Crippen molar-refractivity contribution in [3.63, 3.8) is 0 Å². The number of ether oxygens (including phenoxy) is 4. The molecule has 0 heterocycles. The van der Waals surface area contributed by atoms with Gasteiger partial charge in [0.15, 0.2) is 6.10 Å². The Kier molecular flexibility index (Phi) is 13.0. The Hall–Kier alpha value is -2.81. The number of halogens is 1. The van der Waals surface area contributed by atoms with E-state index in [1.807, 2.05) is 0 Å². The van der Waals surface area contributed by atoms with Crippen molar-refractivity contribution in [2.75, 3.05) is 39.5 Å². The molecule has 192 valence electrons. The van der Waals surface area contributed by atoms with E-state index in [0.29, 0.717) is 49.4 Å². The van der Waals surface area contributed by atoms with Crippen LogP contribution in [0, 0.1) is 0 Å². The Morgan fingerprint density at radius 1 is 0.943 bits per heavy atom. The molecule has 0 saturated heterocycles. The molecule has 0 aliphatic carbocycles. The van der Waals surface area contributed by atoms with Crippen LogP contribution in [0.5, 0.6) is 11.5 Å². The van der Waals surface area contributed by atoms with Crippen molar-refractivity contribution in [1.82, 2.24) is 4.90 Å². The van der Waals surface area contributed by atoms with Crippen molar-refractivity contribution in [3.8, 4) is 11.5 Å². The number of hydrogen-bond donors (Lipinski definition) is 1. The number of hydrogen-bond acceptors (Lipinski definition) is 6. The zero-order chi connectivity index (χ0) is 25.5. The second kappa shape index (κ2) is 16.0. The molecule has 0 spiro atoms. The van der Waals surface area contributed by atoms with Crippen molar-refractivity contribution >= 4 is 23.7 Å². The summed E-state index contributed by atoms with van der Waals surface area (Å²) >= 11 is 5.89. The summed E-state index contributed by atoms with van der Waals surface area (Å²) in [6, 6.07) is 13.7.